The van der Waals surface area contributed by atoms with Crippen molar-refractivity contribution < 1.29 is 9.90 Å². The summed E-state index contributed by atoms with van der Waals surface area (Å²) in [5.41, 5.74) is 6.47. The second-order valence-electron chi connectivity index (χ2n) is 3.41. The van der Waals surface area contributed by atoms with Crippen LogP contribution in [0.15, 0.2) is 30.7 Å². The molecule has 0 aliphatic heterocycles. The number of primary amides is 1. The zero-order chi connectivity index (χ0) is 11.5. The Morgan fingerprint density at radius 2 is 2.31 bits per heavy atom. The molecule has 0 radical (unpaired) electrons. The highest BCUT2D eigenvalue weighted by atomic mass is 16.3. The quantitative estimate of drug-likeness (QED) is 0.765. The first kappa shape index (κ1) is 10.2. The van der Waals surface area contributed by atoms with Crippen LogP contribution in [0.3, 0.4) is 0 Å². The van der Waals surface area contributed by atoms with Crippen molar-refractivity contribution in [3.05, 3.63) is 47.5 Å². The van der Waals surface area contributed by atoms with Crippen LogP contribution in [-0.4, -0.2) is 15.9 Å². The van der Waals surface area contributed by atoms with Gasteiger partial charge < -0.3 is 15.8 Å². The standard InChI is InChI=1S/C11H11N3O2/c12-11(16)9-3-1-2-7(10(9)15)4-8-5-13-6-14-8/h1-3,5-6,15H,4H2,(H2,12,16)(H,13,14)/p-1. The number of para-hydroxylation sites is 1. The van der Waals surface area contributed by atoms with E-state index in [9.17, 15) is 9.90 Å². The second kappa shape index (κ2) is 4.06. The van der Waals surface area contributed by atoms with Gasteiger partial charge in [0.05, 0.1) is 6.33 Å². The zero-order valence-corrected chi connectivity index (χ0v) is 8.43. The van der Waals surface area contributed by atoms with E-state index in [4.69, 9.17) is 5.73 Å². The van der Waals surface area contributed by atoms with E-state index < -0.39 is 5.91 Å². The molecule has 0 saturated heterocycles. The molecule has 5 nitrogen and oxygen atoms in total. The summed E-state index contributed by atoms with van der Waals surface area (Å²) < 4.78 is 0. The molecular weight excluding hydrogens is 206 g/mol. The number of benzene rings is 1. The minimum Gasteiger partial charge on any atom is -0.872 e. The van der Waals surface area contributed by atoms with E-state index in [1.165, 1.54) is 12.4 Å². The van der Waals surface area contributed by atoms with E-state index in [0.29, 0.717) is 12.0 Å². The van der Waals surface area contributed by atoms with Crippen molar-refractivity contribution in [2.45, 2.75) is 6.42 Å². The van der Waals surface area contributed by atoms with Crippen molar-refractivity contribution in [2.24, 2.45) is 5.73 Å². The smallest absolute Gasteiger partial charge is 0.248 e. The fraction of sp³-hybridized carbons (Fsp3) is 0.0909. The van der Waals surface area contributed by atoms with Crippen LogP contribution < -0.4 is 10.8 Å². The van der Waals surface area contributed by atoms with Gasteiger partial charge in [0.2, 0.25) is 5.91 Å². The normalized spacial score (nSPS) is 10.2. The number of rotatable bonds is 3. The lowest BCUT2D eigenvalue weighted by molar-refractivity contribution is -0.269. The predicted molar refractivity (Wildman–Crippen MR) is 55.8 cm³/mol. The highest BCUT2D eigenvalue weighted by Crippen LogP contribution is 2.21. The van der Waals surface area contributed by atoms with E-state index in [0.717, 1.165) is 5.69 Å². The Hall–Kier alpha value is -2.30. The lowest BCUT2D eigenvalue weighted by Gasteiger charge is -2.16. The Kier molecular flexibility index (Phi) is 2.59. The number of nitrogens with zero attached hydrogens (tertiary/aromatic N) is 1. The van der Waals surface area contributed by atoms with Gasteiger partial charge in [-0.3, -0.25) is 4.79 Å². The third kappa shape index (κ3) is 1.88. The molecule has 5 heteroatoms. The Bertz CT molecular complexity index is 506. The van der Waals surface area contributed by atoms with Gasteiger partial charge >= 0.3 is 0 Å². The summed E-state index contributed by atoms with van der Waals surface area (Å²) in [4.78, 5) is 17.7. The largest absolute Gasteiger partial charge is 0.872 e. The van der Waals surface area contributed by atoms with Crippen LogP contribution in [0.2, 0.25) is 0 Å². The maximum atomic E-state index is 11.8. The van der Waals surface area contributed by atoms with E-state index in [1.807, 2.05) is 0 Å². The van der Waals surface area contributed by atoms with Crippen molar-refractivity contribution in [3.8, 4) is 5.75 Å². The van der Waals surface area contributed by atoms with Crippen molar-refractivity contribution in [2.75, 3.05) is 0 Å². The molecule has 3 N–H and O–H groups in total. The van der Waals surface area contributed by atoms with Crippen LogP contribution in [0.1, 0.15) is 21.6 Å². The summed E-state index contributed by atoms with van der Waals surface area (Å²) in [5.74, 6) is -1.01. The van der Waals surface area contributed by atoms with Crippen molar-refractivity contribution in [1.82, 2.24) is 9.97 Å². The highest BCUT2D eigenvalue weighted by Gasteiger charge is 2.05. The SMILES string of the molecule is NC(=O)c1cccc(Cc2cnc[nH]2)c1[O-]. The van der Waals surface area contributed by atoms with Gasteiger partial charge in [-0.2, -0.15) is 0 Å². The molecule has 16 heavy (non-hydrogen) atoms. The van der Waals surface area contributed by atoms with Gasteiger partial charge in [-0.25, -0.2) is 4.98 Å². The minimum absolute atomic E-state index is 0.0250. The number of hydrogen-bond acceptors (Lipinski definition) is 3. The number of amides is 1. The van der Waals surface area contributed by atoms with Crippen molar-refractivity contribution in [1.29, 1.82) is 0 Å². The molecule has 82 valence electrons. The number of nitrogens with one attached hydrogen (secondary N) is 1. The molecule has 2 aromatic rings. The molecule has 0 saturated carbocycles. The van der Waals surface area contributed by atoms with E-state index in [1.54, 1.807) is 18.3 Å². The Morgan fingerprint density at radius 1 is 1.50 bits per heavy atom. The first-order valence-electron chi connectivity index (χ1n) is 4.74. The first-order valence-corrected chi connectivity index (χ1v) is 4.74. The monoisotopic (exact) mass is 216 g/mol. The molecular formula is C11H10N3O2-. The second-order valence-corrected chi connectivity index (χ2v) is 3.41. The summed E-state index contributed by atoms with van der Waals surface area (Å²) in [7, 11) is 0. The molecule has 1 aromatic carbocycles. The number of carbonyl (C=O) groups excluding carboxylic acids is 1. The minimum atomic E-state index is -0.698. The molecule has 1 amide bonds. The molecule has 0 atom stereocenters. The molecule has 0 bridgehead atoms. The lowest BCUT2D eigenvalue weighted by atomic mass is 10.0. The number of hydrogen-bond donors (Lipinski definition) is 2. The van der Waals surface area contributed by atoms with Gasteiger partial charge in [-0.15, -0.1) is 0 Å². The number of imidazole rings is 1. The predicted octanol–water partition coefficient (Wildman–Crippen LogP) is 0.173. The van der Waals surface area contributed by atoms with Crippen molar-refractivity contribution >= 4 is 5.91 Å². The average molecular weight is 216 g/mol. The fourth-order valence-electron chi connectivity index (χ4n) is 1.50. The third-order valence-corrected chi connectivity index (χ3v) is 2.30. The van der Waals surface area contributed by atoms with E-state index in [2.05, 4.69) is 9.97 Å². The Labute approximate surface area is 91.9 Å². The molecule has 1 aromatic heterocycles. The number of aromatic nitrogens is 2. The van der Waals surface area contributed by atoms with Gasteiger partial charge in [0.1, 0.15) is 0 Å². The van der Waals surface area contributed by atoms with Crippen LogP contribution in [0.5, 0.6) is 5.75 Å². The van der Waals surface area contributed by atoms with E-state index in [-0.39, 0.29) is 11.3 Å². The fourth-order valence-corrected chi connectivity index (χ4v) is 1.50. The maximum Gasteiger partial charge on any atom is 0.248 e. The maximum absolute atomic E-state index is 11.8. The Morgan fingerprint density at radius 3 is 2.94 bits per heavy atom. The number of aromatic amines is 1. The van der Waals surface area contributed by atoms with Crippen LogP contribution in [0, 0.1) is 0 Å². The topological polar surface area (TPSA) is 94.8 Å². The van der Waals surface area contributed by atoms with Gasteiger partial charge in [0, 0.05) is 23.9 Å². The molecule has 0 spiro atoms. The van der Waals surface area contributed by atoms with Gasteiger partial charge in [-0.05, 0) is 5.56 Å². The molecule has 0 aliphatic rings. The zero-order valence-electron chi connectivity index (χ0n) is 8.43. The van der Waals surface area contributed by atoms with Crippen LogP contribution >= 0.6 is 0 Å². The number of H-pyrrole nitrogens is 1. The van der Waals surface area contributed by atoms with Crippen LogP contribution in [0.25, 0.3) is 0 Å². The lowest BCUT2D eigenvalue weighted by Crippen LogP contribution is -2.15. The highest BCUT2D eigenvalue weighted by molar-refractivity contribution is 5.95. The first-order chi connectivity index (χ1) is 7.68. The van der Waals surface area contributed by atoms with E-state index >= 15 is 0 Å². The summed E-state index contributed by atoms with van der Waals surface area (Å²) >= 11 is 0. The van der Waals surface area contributed by atoms with Crippen LogP contribution in [0.4, 0.5) is 0 Å². The molecule has 2 rings (SSSR count). The van der Waals surface area contributed by atoms with Gasteiger partial charge in [0.25, 0.3) is 0 Å². The Balaban J connectivity index is 2.35. The summed E-state index contributed by atoms with van der Waals surface area (Å²) in [5, 5.41) is 11.8. The third-order valence-electron chi connectivity index (χ3n) is 2.30. The molecule has 0 fully saturated rings. The summed E-state index contributed by atoms with van der Waals surface area (Å²) in [6.45, 7) is 0. The molecule has 0 aliphatic carbocycles. The molecule has 0 unspecified atom stereocenters. The summed E-state index contributed by atoms with van der Waals surface area (Å²) in [6.07, 6.45) is 3.59. The number of carbonyl (C=O) groups is 1. The van der Waals surface area contributed by atoms with Crippen molar-refractivity contribution in [3.63, 3.8) is 0 Å². The van der Waals surface area contributed by atoms with Gasteiger partial charge in [-0.1, -0.05) is 23.9 Å². The molecule has 1 heterocycles. The van der Waals surface area contributed by atoms with Crippen LogP contribution in [-0.2, 0) is 6.42 Å². The summed E-state index contributed by atoms with van der Waals surface area (Å²) in [6, 6.07) is 4.75. The number of nitrogens with two attached hydrogens (primary N) is 1. The van der Waals surface area contributed by atoms with Gasteiger partial charge in [0.15, 0.2) is 0 Å². The average Bonchev–Trinajstić information content (AvgIpc) is 2.73.